The van der Waals surface area contributed by atoms with Gasteiger partial charge >= 0.3 is 0 Å². The molecule has 2 aromatic carbocycles. The van der Waals surface area contributed by atoms with Crippen LogP contribution >= 0.6 is 0 Å². The molecule has 0 aliphatic heterocycles. The van der Waals surface area contributed by atoms with Crippen molar-refractivity contribution < 1.29 is 13.9 Å². The molecule has 0 N–H and O–H groups in total. The Labute approximate surface area is 111 Å². The van der Waals surface area contributed by atoms with E-state index in [0.717, 1.165) is 12.0 Å². The van der Waals surface area contributed by atoms with Gasteiger partial charge in [-0.2, -0.15) is 0 Å². The average Bonchev–Trinajstić information content (AvgIpc) is 2.45. The minimum absolute atomic E-state index is 0.0662. The molecule has 0 bridgehead atoms. The first-order valence-corrected chi connectivity index (χ1v) is 6.20. The van der Waals surface area contributed by atoms with E-state index in [9.17, 15) is 9.18 Å². The molecule has 19 heavy (non-hydrogen) atoms. The van der Waals surface area contributed by atoms with Crippen LogP contribution in [0, 0.1) is 5.82 Å². The summed E-state index contributed by atoms with van der Waals surface area (Å²) in [5.74, 6) is -0.196. The SMILES string of the molecule is CCc1ccccc1OCC(=O)c1ccccc1F. The maximum atomic E-state index is 13.4. The summed E-state index contributed by atoms with van der Waals surface area (Å²) in [5, 5.41) is 0. The predicted molar refractivity (Wildman–Crippen MR) is 72.0 cm³/mol. The minimum atomic E-state index is -0.514. The van der Waals surface area contributed by atoms with E-state index >= 15 is 0 Å². The molecular weight excluding hydrogens is 243 g/mol. The molecule has 0 amide bonds. The molecule has 0 radical (unpaired) electrons. The zero-order valence-corrected chi connectivity index (χ0v) is 10.7. The molecule has 0 aliphatic rings. The normalized spacial score (nSPS) is 10.2. The molecule has 0 atom stereocenters. The second-order valence-electron chi connectivity index (χ2n) is 4.15. The van der Waals surface area contributed by atoms with Crippen LogP contribution in [-0.4, -0.2) is 12.4 Å². The van der Waals surface area contributed by atoms with E-state index < -0.39 is 5.82 Å². The van der Waals surface area contributed by atoms with Crippen molar-refractivity contribution in [1.82, 2.24) is 0 Å². The standard InChI is InChI=1S/C16H15FO2/c1-2-12-7-3-6-10-16(12)19-11-15(18)13-8-4-5-9-14(13)17/h3-10H,2,11H2,1H3. The van der Waals surface area contributed by atoms with E-state index in [1.165, 1.54) is 12.1 Å². The fraction of sp³-hybridized carbons (Fsp3) is 0.188. The van der Waals surface area contributed by atoms with Crippen LogP contribution in [0.5, 0.6) is 5.75 Å². The highest BCUT2D eigenvalue weighted by Crippen LogP contribution is 2.18. The van der Waals surface area contributed by atoms with Gasteiger partial charge in [-0.25, -0.2) is 4.39 Å². The van der Waals surface area contributed by atoms with E-state index in [-0.39, 0.29) is 18.0 Å². The van der Waals surface area contributed by atoms with Crippen LogP contribution < -0.4 is 4.74 Å². The van der Waals surface area contributed by atoms with E-state index in [4.69, 9.17) is 4.74 Å². The maximum Gasteiger partial charge on any atom is 0.203 e. The van der Waals surface area contributed by atoms with Crippen LogP contribution in [0.3, 0.4) is 0 Å². The summed E-state index contributed by atoms with van der Waals surface area (Å²) in [7, 11) is 0. The second-order valence-corrected chi connectivity index (χ2v) is 4.15. The van der Waals surface area contributed by atoms with Crippen molar-refractivity contribution in [1.29, 1.82) is 0 Å². The molecule has 0 saturated heterocycles. The minimum Gasteiger partial charge on any atom is -0.485 e. The number of rotatable bonds is 5. The quantitative estimate of drug-likeness (QED) is 0.765. The van der Waals surface area contributed by atoms with Crippen molar-refractivity contribution in [2.75, 3.05) is 6.61 Å². The molecule has 2 rings (SSSR count). The zero-order valence-electron chi connectivity index (χ0n) is 10.7. The number of carbonyl (C=O) groups excluding carboxylic acids is 1. The highest BCUT2D eigenvalue weighted by Gasteiger charge is 2.12. The Morgan fingerprint density at radius 1 is 1.11 bits per heavy atom. The molecule has 0 fully saturated rings. The van der Waals surface area contributed by atoms with Gasteiger partial charge in [0, 0.05) is 0 Å². The van der Waals surface area contributed by atoms with Crippen LogP contribution in [0.4, 0.5) is 4.39 Å². The van der Waals surface area contributed by atoms with Gasteiger partial charge in [-0.05, 0) is 30.2 Å². The molecule has 0 aliphatic carbocycles. The van der Waals surface area contributed by atoms with Gasteiger partial charge in [-0.3, -0.25) is 4.79 Å². The van der Waals surface area contributed by atoms with Crippen molar-refractivity contribution >= 4 is 5.78 Å². The third kappa shape index (κ3) is 3.19. The summed E-state index contributed by atoms with van der Waals surface area (Å²) in [6, 6.07) is 13.5. The summed E-state index contributed by atoms with van der Waals surface area (Å²) >= 11 is 0. The highest BCUT2D eigenvalue weighted by atomic mass is 19.1. The molecule has 0 unspecified atom stereocenters. The van der Waals surface area contributed by atoms with Crippen LogP contribution in [0.25, 0.3) is 0 Å². The van der Waals surface area contributed by atoms with Gasteiger partial charge in [-0.15, -0.1) is 0 Å². The zero-order chi connectivity index (χ0) is 13.7. The maximum absolute atomic E-state index is 13.4. The Morgan fingerprint density at radius 3 is 2.53 bits per heavy atom. The van der Waals surface area contributed by atoms with Gasteiger partial charge in [0.15, 0.2) is 6.61 Å². The lowest BCUT2D eigenvalue weighted by atomic mass is 10.1. The first kappa shape index (κ1) is 13.3. The topological polar surface area (TPSA) is 26.3 Å². The van der Waals surface area contributed by atoms with Crippen LogP contribution in [0.2, 0.25) is 0 Å². The third-order valence-electron chi connectivity index (χ3n) is 2.89. The second kappa shape index (κ2) is 6.14. The molecule has 0 spiro atoms. The molecule has 0 saturated carbocycles. The van der Waals surface area contributed by atoms with Crippen molar-refractivity contribution in [3.05, 3.63) is 65.5 Å². The Bertz CT molecular complexity index is 578. The number of carbonyl (C=O) groups is 1. The monoisotopic (exact) mass is 258 g/mol. The van der Waals surface area contributed by atoms with Gasteiger partial charge in [0.25, 0.3) is 0 Å². The summed E-state index contributed by atoms with van der Waals surface area (Å²) < 4.78 is 18.9. The molecule has 3 heteroatoms. The fourth-order valence-corrected chi connectivity index (χ4v) is 1.85. The summed E-state index contributed by atoms with van der Waals surface area (Å²) in [4.78, 5) is 11.9. The Kier molecular flexibility index (Phi) is 4.29. The molecule has 98 valence electrons. The number of benzene rings is 2. The average molecular weight is 258 g/mol. The number of hydrogen-bond acceptors (Lipinski definition) is 2. The Balaban J connectivity index is 2.07. The van der Waals surface area contributed by atoms with E-state index in [1.807, 2.05) is 31.2 Å². The number of para-hydroxylation sites is 1. The number of aryl methyl sites for hydroxylation is 1. The van der Waals surface area contributed by atoms with E-state index in [0.29, 0.717) is 5.75 Å². The van der Waals surface area contributed by atoms with Crippen molar-refractivity contribution in [2.45, 2.75) is 13.3 Å². The number of hydrogen-bond donors (Lipinski definition) is 0. The summed E-state index contributed by atoms with van der Waals surface area (Å²) in [6.07, 6.45) is 0.823. The highest BCUT2D eigenvalue weighted by molar-refractivity contribution is 5.97. The number of ether oxygens (including phenoxy) is 1. The first-order chi connectivity index (χ1) is 9.22. The molecule has 0 aromatic heterocycles. The van der Waals surface area contributed by atoms with Crippen molar-refractivity contribution in [3.8, 4) is 5.75 Å². The number of ketones is 1. The summed E-state index contributed by atoms with van der Waals surface area (Å²) in [5.41, 5.74) is 1.10. The smallest absolute Gasteiger partial charge is 0.203 e. The Hall–Kier alpha value is -2.16. The summed E-state index contributed by atoms with van der Waals surface area (Å²) in [6.45, 7) is 1.86. The number of halogens is 1. The molecule has 2 nitrogen and oxygen atoms in total. The van der Waals surface area contributed by atoms with Crippen molar-refractivity contribution in [2.24, 2.45) is 0 Å². The van der Waals surface area contributed by atoms with Crippen LogP contribution in [0.15, 0.2) is 48.5 Å². The van der Waals surface area contributed by atoms with Crippen LogP contribution in [0.1, 0.15) is 22.8 Å². The van der Waals surface area contributed by atoms with Crippen LogP contribution in [-0.2, 0) is 6.42 Å². The predicted octanol–water partition coefficient (Wildman–Crippen LogP) is 3.65. The number of Topliss-reactive ketones (excluding diaryl/α,β-unsaturated/α-hetero) is 1. The molecule has 2 aromatic rings. The van der Waals surface area contributed by atoms with Gasteiger partial charge in [-0.1, -0.05) is 37.3 Å². The van der Waals surface area contributed by atoms with Crippen molar-refractivity contribution in [3.63, 3.8) is 0 Å². The lowest BCUT2D eigenvalue weighted by molar-refractivity contribution is 0.0917. The largest absolute Gasteiger partial charge is 0.485 e. The van der Waals surface area contributed by atoms with Gasteiger partial charge in [0.2, 0.25) is 5.78 Å². The van der Waals surface area contributed by atoms with Gasteiger partial charge < -0.3 is 4.74 Å². The lowest BCUT2D eigenvalue weighted by Gasteiger charge is -2.09. The fourth-order valence-electron chi connectivity index (χ4n) is 1.85. The van der Waals surface area contributed by atoms with Gasteiger partial charge in [0.1, 0.15) is 11.6 Å². The molecular formula is C16H15FO2. The Morgan fingerprint density at radius 2 is 1.79 bits per heavy atom. The molecule has 0 heterocycles. The first-order valence-electron chi connectivity index (χ1n) is 6.20. The van der Waals surface area contributed by atoms with E-state index in [1.54, 1.807) is 12.1 Å². The van der Waals surface area contributed by atoms with Gasteiger partial charge in [0.05, 0.1) is 5.56 Å². The third-order valence-corrected chi connectivity index (χ3v) is 2.89. The lowest BCUT2D eigenvalue weighted by Crippen LogP contribution is -2.13. The van der Waals surface area contributed by atoms with E-state index in [2.05, 4.69) is 0 Å².